The minimum absolute atomic E-state index is 0.00383. The lowest BCUT2D eigenvalue weighted by Crippen LogP contribution is -2.34. The summed E-state index contributed by atoms with van der Waals surface area (Å²) in [4.78, 5) is 19.1. The van der Waals surface area contributed by atoms with Crippen LogP contribution < -0.4 is 0 Å². The van der Waals surface area contributed by atoms with Crippen LogP contribution in [0.15, 0.2) is 66.0 Å². The number of imidazole rings is 1. The van der Waals surface area contributed by atoms with Crippen molar-refractivity contribution in [3.05, 3.63) is 83.4 Å². The first-order valence-corrected chi connectivity index (χ1v) is 12.8. The zero-order valence-corrected chi connectivity index (χ0v) is 19.6. The molecule has 1 amide bonds. The molecule has 0 aliphatic heterocycles. The molecule has 4 rings (SSSR count). The number of sulfone groups is 1. The van der Waals surface area contributed by atoms with Gasteiger partial charge in [-0.05, 0) is 36.5 Å². The van der Waals surface area contributed by atoms with Crippen LogP contribution in [0.2, 0.25) is 0 Å². The summed E-state index contributed by atoms with van der Waals surface area (Å²) >= 11 is 0. The van der Waals surface area contributed by atoms with Crippen LogP contribution in [-0.2, 0) is 28.7 Å². The van der Waals surface area contributed by atoms with Crippen molar-refractivity contribution in [2.75, 3.05) is 0 Å². The third-order valence-electron chi connectivity index (χ3n) is 5.61. The van der Waals surface area contributed by atoms with Gasteiger partial charge in [0.2, 0.25) is 15.0 Å². The van der Waals surface area contributed by atoms with Crippen molar-refractivity contribution in [1.82, 2.24) is 14.5 Å². The van der Waals surface area contributed by atoms with Gasteiger partial charge in [-0.3, -0.25) is 4.79 Å². The maximum atomic E-state index is 14.3. The zero-order valence-electron chi connectivity index (χ0n) is 18.8. The number of aromatic nitrogens is 2. The Hall–Kier alpha value is -3.00. The molecule has 0 radical (unpaired) electrons. The molecule has 0 N–H and O–H groups in total. The van der Waals surface area contributed by atoms with Crippen LogP contribution >= 0.6 is 0 Å². The first-order valence-electron chi connectivity index (χ1n) is 11.1. The molecule has 1 aliphatic carbocycles. The summed E-state index contributed by atoms with van der Waals surface area (Å²) in [5.41, 5.74) is 1.34. The van der Waals surface area contributed by atoms with Crippen molar-refractivity contribution < 1.29 is 17.6 Å². The summed E-state index contributed by atoms with van der Waals surface area (Å²) in [5.74, 6) is -0.931. The highest BCUT2D eigenvalue weighted by molar-refractivity contribution is 7.90. The van der Waals surface area contributed by atoms with Crippen LogP contribution in [0.1, 0.15) is 48.3 Å². The van der Waals surface area contributed by atoms with E-state index in [2.05, 4.69) is 4.98 Å². The van der Waals surface area contributed by atoms with E-state index in [1.54, 1.807) is 45.9 Å². The Bertz CT molecular complexity index is 1230. The van der Waals surface area contributed by atoms with Crippen molar-refractivity contribution in [3.8, 4) is 0 Å². The number of nitrogens with zero attached hydrogens (tertiary/aromatic N) is 3. The van der Waals surface area contributed by atoms with E-state index in [9.17, 15) is 17.6 Å². The molecule has 1 aliphatic rings. The van der Waals surface area contributed by atoms with Gasteiger partial charge in [0, 0.05) is 12.6 Å². The average molecular weight is 470 g/mol. The van der Waals surface area contributed by atoms with Crippen molar-refractivity contribution in [1.29, 1.82) is 0 Å². The van der Waals surface area contributed by atoms with E-state index in [1.807, 2.05) is 19.9 Å². The van der Waals surface area contributed by atoms with E-state index in [0.29, 0.717) is 17.8 Å². The van der Waals surface area contributed by atoms with Gasteiger partial charge in [-0.1, -0.05) is 56.3 Å². The van der Waals surface area contributed by atoms with Gasteiger partial charge in [-0.15, -0.1) is 0 Å². The lowest BCUT2D eigenvalue weighted by molar-refractivity contribution is 0.0720. The molecule has 2 aromatic carbocycles. The van der Waals surface area contributed by atoms with Gasteiger partial charge < -0.3 is 9.47 Å². The molecule has 0 unspecified atom stereocenters. The summed E-state index contributed by atoms with van der Waals surface area (Å²) in [5, 5.41) is 0.00383. The van der Waals surface area contributed by atoms with Gasteiger partial charge in [-0.25, -0.2) is 17.8 Å². The van der Waals surface area contributed by atoms with Gasteiger partial charge in [0.05, 0.1) is 29.8 Å². The van der Waals surface area contributed by atoms with E-state index < -0.39 is 15.7 Å². The summed E-state index contributed by atoms with van der Waals surface area (Å²) in [7, 11) is -3.70. The number of carbonyl (C=O) groups is 1. The number of benzene rings is 2. The van der Waals surface area contributed by atoms with Gasteiger partial charge in [-0.2, -0.15) is 0 Å². The Morgan fingerprint density at radius 2 is 1.79 bits per heavy atom. The normalized spacial score (nSPS) is 13.9. The molecule has 33 heavy (non-hydrogen) atoms. The highest BCUT2D eigenvalue weighted by Crippen LogP contribution is 2.31. The second-order valence-corrected chi connectivity index (χ2v) is 10.8. The van der Waals surface area contributed by atoms with E-state index in [0.717, 1.165) is 12.8 Å². The second kappa shape index (κ2) is 9.47. The standard InChI is InChI=1S/C25H28FN3O3S/c1-18(2)15-29-21(14-27-25(29)33(31,32)17-19-8-4-3-5-9-19)16-28(20-12-13-20)24(30)22-10-6-7-11-23(22)26/h3-11,14,18,20H,12-13,15-17H2,1-2H3. The van der Waals surface area contributed by atoms with Crippen LogP contribution in [0.5, 0.6) is 0 Å². The third-order valence-corrected chi connectivity index (χ3v) is 7.21. The smallest absolute Gasteiger partial charge is 0.257 e. The number of hydrogen-bond acceptors (Lipinski definition) is 4. The topological polar surface area (TPSA) is 72.3 Å². The molecule has 1 saturated carbocycles. The molecule has 0 spiro atoms. The Morgan fingerprint density at radius 3 is 2.42 bits per heavy atom. The lowest BCUT2D eigenvalue weighted by Gasteiger charge is -2.24. The lowest BCUT2D eigenvalue weighted by atomic mass is 10.1. The first kappa shape index (κ1) is 23.2. The van der Waals surface area contributed by atoms with Crippen molar-refractivity contribution in [2.24, 2.45) is 5.92 Å². The Balaban J connectivity index is 1.66. The van der Waals surface area contributed by atoms with Crippen LogP contribution in [0.25, 0.3) is 0 Å². The highest BCUT2D eigenvalue weighted by atomic mass is 32.2. The van der Waals surface area contributed by atoms with Crippen molar-refractivity contribution >= 4 is 15.7 Å². The molecule has 174 valence electrons. The molecular weight excluding hydrogens is 441 g/mol. The minimum Gasteiger partial charge on any atom is -0.330 e. The fraction of sp³-hybridized carbons (Fsp3) is 0.360. The first-order chi connectivity index (χ1) is 15.8. The summed E-state index contributed by atoms with van der Waals surface area (Å²) in [6.45, 7) is 4.63. The van der Waals surface area contributed by atoms with Crippen molar-refractivity contribution in [2.45, 2.75) is 56.7 Å². The Labute approximate surface area is 194 Å². The molecule has 3 aromatic rings. The monoisotopic (exact) mass is 469 g/mol. The second-order valence-electron chi connectivity index (χ2n) is 8.93. The van der Waals surface area contributed by atoms with E-state index >= 15 is 0 Å². The molecule has 1 aromatic heterocycles. The average Bonchev–Trinajstić information content (AvgIpc) is 3.53. The Morgan fingerprint density at radius 1 is 1.12 bits per heavy atom. The van der Waals surface area contributed by atoms with Crippen LogP contribution in [-0.4, -0.2) is 34.8 Å². The van der Waals surface area contributed by atoms with Crippen molar-refractivity contribution in [3.63, 3.8) is 0 Å². The molecular formula is C25H28FN3O3S. The van der Waals surface area contributed by atoms with Crippen LogP contribution in [0, 0.1) is 11.7 Å². The summed E-state index contributed by atoms with van der Waals surface area (Å²) in [6, 6.07) is 15.0. The molecule has 6 nitrogen and oxygen atoms in total. The SMILES string of the molecule is CC(C)Cn1c(CN(C(=O)c2ccccc2F)C2CC2)cnc1S(=O)(=O)Cc1ccccc1. The number of amides is 1. The molecule has 0 bridgehead atoms. The fourth-order valence-electron chi connectivity index (χ4n) is 3.90. The number of hydrogen-bond donors (Lipinski definition) is 0. The van der Waals surface area contributed by atoms with E-state index in [-0.39, 0.29) is 40.9 Å². The van der Waals surface area contributed by atoms with Gasteiger partial charge >= 0.3 is 0 Å². The maximum absolute atomic E-state index is 14.3. The zero-order chi connectivity index (χ0) is 23.6. The van der Waals surface area contributed by atoms with Gasteiger partial charge in [0.1, 0.15) is 5.82 Å². The predicted octanol–water partition coefficient (Wildman–Crippen LogP) is 4.46. The molecule has 0 saturated heterocycles. The molecule has 1 heterocycles. The molecule has 1 fully saturated rings. The predicted molar refractivity (Wildman–Crippen MR) is 124 cm³/mol. The highest BCUT2D eigenvalue weighted by Gasteiger charge is 2.35. The van der Waals surface area contributed by atoms with Crippen LogP contribution in [0.3, 0.4) is 0 Å². The van der Waals surface area contributed by atoms with E-state index in [1.165, 1.54) is 18.3 Å². The number of rotatable bonds is 9. The summed E-state index contributed by atoms with van der Waals surface area (Å²) in [6.07, 6.45) is 3.22. The summed E-state index contributed by atoms with van der Waals surface area (Å²) < 4.78 is 42.5. The fourth-order valence-corrected chi connectivity index (χ4v) is 5.40. The minimum atomic E-state index is -3.70. The molecule has 0 atom stereocenters. The van der Waals surface area contributed by atoms with Crippen LogP contribution in [0.4, 0.5) is 4.39 Å². The van der Waals surface area contributed by atoms with Gasteiger partial charge in [0.15, 0.2) is 0 Å². The Kier molecular flexibility index (Phi) is 6.65. The largest absolute Gasteiger partial charge is 0.330 e. The third kappa shape index (κ3) is 5.33. The quantitative estimate of drug-likeness (QED) is 0.464. The van der Waals surface area contributed by atoms with Gasteiger partial charge in [0.25, 0.3) is 5.91 Å². The maximum Gasteiger partial charge on any atom is 0.257 e. The van der Waals surface area contributed by atoms with E-state index in [4.69, 9.17) is 0 Å². The number of carbonyl (C=O) groups excluding carboxylic acids is 1. The molecule has 8 heteroatoms. The number of halogens is 1.